The van der Waals surface area contributed by atoms with Crippen LogP contribution in [0, 0.1) is 0 Å². The van der Waals surface area contributed by atoms with Crippen molar-refractivity contribution >= 4 is 0 Å². The molecule has 7 heteroatoms. The van der Waals surface area contributed by atoms with Gasteiger partial charge in [-0.05, 0) is 17.7 Å². The van der Waals surface area contributed by atoms with Crippen molar-refractivity contribution in [1.29, 1.82) is 0 Å². The first-order chi connectivity index (χ1) is 8.95. The van der Waals surface area contributed by atoms with Gasteiger partial charge in [0, 0.05) is 6.54 Å². The summed E-state index contributed by atoms with van der Waals surface area (Å²) in [5.74, 6) is -3.61. The van der Waals surface area contributed by atoms with Crippen molar-refractivity contribution in [2.24, 2.45) is 5.73 Å². The number of alkyl halides is 4. The Labute approximate surface area is 108 Å². The predicted molar refractivity (Wildman–Crippen MR) is 61.6 cm³/mol. The van der Waals surface area contributed by atoms with Gasteiger partial charge in [-0.2, -0.15) is 8.78 Å². The Morgan fingerprint density at radius 1 is 1.21 bits per heavy atom. The first-order valence-electron chi connectivity index (χ1n) is 5.61. The number of ether oxygens (including phenoxy) is 2. The van der Waals surface area contributed by atoms with Gasteiger partial charge in [0.15, 0.2) is 0 Å². The van der Waals surface area contributed by atoms with Crippen LogP contribution in [0.1, 0.15) is 5.56 Å². The predicted octanol–water partition coefficient (Wildman–Crippen LogP) is 2.44. The minimum Gasteiger partial charge on any atom is -0.491 e. The number of halogens is 4. The van der Waals surface area contributed by atoms with Crippen LogP contribution < -0.4 is 10.5 Å². The Bertz CT molecular complexity index is 388. The monoisotopic (exact) mass is 281 g/mol. The van der Waals surface area contributed by atoms with Crippen LogP contribution in [0.3, 0.4) is 0 Å². The lowest BCUT2D eigenvalue weighted by atomic mass is 10.2. The Morgan fingerprint density at radius 2 is 1.95 bits per heavy atom. The molecule has 0 spiro atoms. The topological polar surface area (TPSA) is 44.5 Å². The van der Waals surface area contributed by atoms with E-state index >= 15 is 0 Å². The van der Waals surface area contributed by atoms with E-state index in [1.807, 2.05) is 6.07 Å². The minimum absolute atomic E-state index is 0.00660. The molecule has 0 saturated carbocycles. The summed E-state index contributed by atoms with van der Waals surface area (Å²) in [7, 11) is 0. The second-order valence-electron chi connectivity index (χ2n) is 3.81. The van der Waals surface area contributed by atoms with Gasteiger partial charge in [0.05, 0.1) is 6.61 Å². The molecule has 1 rings (SSSR count). The van der Waals surface area contributed by atoms with Gasteiger partial charge in [-0.3, -0.25) is 0 Å². The molecule has 0 aliphatic carbocycles. The molecule has 2 N–H and O–H groups in total. The Morgan fingerprint density at radius 3 is 2.58 bits per heavy atom. The normalized spacial score (nSPS) is 11.9. The lowest BCUT2D eigenvalue weighted by Gasteiger charge is -2.15. The number of rotatable bonds is 8. The third kappa shape index (κ3) is 5.44. The average Bonchev–Trinajstić information content (AvgIpc) is 2.38. The highest BCUT2D eigenvalue weighted by molar-refractivity contribution is 5.28. The largest absolute Gasteiger partial charge is 0.491 e. The standard InChI is InChI=1S/C12H15F4NO2/c13-11(14)12(15,16)8-18-4-5-19-10-3-1-2-9(6-10)7-17/h1-3,6,11H,4-5,7-8,17H2. The van der Waals surface area contributed by atoms with Crippen LogP contribution in [0.2, 0.25) is 0 Å². The van der Waals surface area contributed by atoms with E-state index in [9.17, 15) is 17.6 Å². The molecule has 0 unspecified atom stereocenters. The van der Waals surface area contributed by atoms with E-state index < -0.39 is 19.0 Å². The molecule has 1 aromatic carbocycles. The zero-order chi connectivity index (χ0) is 14.3. The molecular formula is C12H15F4NO2. The molecule has 0 aromatic heterocycles. The van der Waals surface area contributed by atoms with Gasteiger partial charge >= 0.3 is 12.3 Å². The van der Waals surface area contributed by atoms with Crippen LogP contribution in [0.5, 0.6) is 5.75 Å². The lowest BCUT2D eigenvalue weighted by Crippen LogP contribution is -2.33. The van der Waals surface area contributed by atoms with E-state index in [4.69, 9.17) is 10.5 Å². The average molecular weight is 281 g/mol. The molecule has 0 aliphatic rings. The van der Waals surface area contributed by atoms with Crippen molar-refractivity contribution in [3.8, 4) is 5.75 Å². The molecule has 0 fully saturated rings. The quantitative estimate of drug-likeness (QED) is 0.588. The summed E-state index contributed by atoms with van der Waals surface area (Å²) in [4.78, 5) is 0. The zero-order valence-corrected chi connectivity index (χ0v) is 10.1. The van der Waals surface area contributed by atoms with Crippen LogP contribution in [-0.2, 0) is 11.3 Å². The molecule has 0 bridgehead atoms. The van der Waals surface area contributed by atoms with E-state index in [0.29, 0.717) is 12.3 Å². The maximum absolute atomic E-state index is 12.5. The van der Waals surface area contributed by atoms with Crippen LogP contribution in [-0.4, -0.2) is 32.2 Å². The Kier molecular flexibility index (Phi) is 6.04. The van der Waals surface area contributed by atoms with Crippen molar-refractivity contribution < 1.29 is 27.0 Å². The molecule has 0 saturated heterocycles. The fraction of sp³-hybridized carbons (Fsp3) is 0.500. The van der Waals surface area contributed by atoms with E-state index in [1.165, 1.54) is 0 Å². The summed E-state index contributed by atoms with van der Waals surface area (Å²) >= 11 is 0. The maximum atomic E-state index is 12.5. The molecule has 0 radical (unpaired) electrons. The molecular weight excluding hydrogens is 266 g/mol. The van der Waals surface area contributed by atoms with Crippen molar-refractivity contribution in [3.63, 3.8) is 0 Å². The van der Waals surface area contributed by atoms with Gasteiger partial charge in [0.1, 0.15) is 19.0 Å². The summed E-state index contributed by atoms with van der Waals surface area (Å²) < 4.78 is 58.2. The molecule has 0 aliphatic heterocycles. The van der Waals surface area contributed by atoms with Crippen LogP contribution >= 0.6 is 0 Å². The van der Waals surface area contributed by atoms with Gasteiger partial charge in [0.2, 0.25) is 0 Å². The molecule has 0 amide bonds. The second kappa shape index (κ2) is 7.30. The van der Waals surface area contributed by atoms with Gasteiger partial charge in [-0.1, -0.05) is 12.1 Å². The van der Waals surface area contributed by atoms with E-state index in [2.05, 4.69) is 4.74 Å². The van der Waals surface area contributed by atoms with Crippen molar-refractivity contribution in [1.82, 2.24) is 0 Å². The van der Waals surface area contributed by atoms with Crippen LogP contribution in [0.4, 0.5) is 17.6 Å². The molecule has 108 valence electrons. The van der Waals surface area contributed by atoms with Gasteiger partial charge in [-0.25, -0.2) is 8.78 Å². The first-order valence-corrected chi connectivity index (χ1v) is 5.61. The van der Waals surface area contributed by atoms with Crippen molar-refractivity contribution in [2.45, 2.75) is 18.9 Å². The summed E-state index contributed by atoms with van der Waals surface area (Å²) in [5, 5.41) is 0. The van der Waals surface area contributed by atoms with Gasteiger partial charge in [0.25, 0.3) is 0 Å². The number of benzene rings is 1. The fourth-order valence-corrected chi connectivity index (χ4v) is 1.25. The van der Waals surface area contributed by atoms with E-state index in [-0.39, 0.29) is 13.2 Å². The second-order valence-corrected chi connectivity index (χ2v) is 3.81. The smallest absolute Gasteiger partial charge is 0.330 e. The first kappa shape index (κ1) is 15.7. The van der Waals surface area contributed by atoms with E-state index in [0.717, 1.165) is 5.56 Å². The van der Waals surface area contributed by atoms with Crippen molar-refractivity contribution in [2.75, 3.05) is 19.8 Å². The summed E-state index contributed by atoms with van der Waals surface area (Å²) in [6.07, 6.45) is -3.73. The highest BCUT2D eigenvalue weighted by atomic mass is 19.3. The Balaban J connectivity index is 2.24. The van der Waals surface area contributed by atoms with E-state index in [1.54, 1.807) is 18.2 Å². The summed E-state index contributed by atoms with van der Waals surface area (Å²) in [6.45, 7) is -1.17. The number of hydrogen-bond acceptors (Lipinski definition) is 3. The summed E-state index contributed by atoms with van der Waals surface area (Å²) in [5.41, 5.74) is 6.30. The minimum atomic E-state index is -4.13. The summed E-state index contributed by atoms with van der Waals surface area (Å²) in [6, 6.07) is 6.93. The molecule has 19 heavy (non-hydrogen) atoms. The third-order valence-corrected chi connectivity index (χ3v) is 2.24. The number of nitrogens with two attached hydrogens (primary N) is 1. The zero-order valence-electron chi connectivity index (χ0n) is 10.1. The maximum Gasteiger partial charge on any atom is 0.330 e. The van der Waals surface area contributed by atoms with Crippen LogP contribution in [0.15, 0.2) is 24.3 Å². The van der Waals surface area contributed by atoms with Gasteiger partial charge in [-0.15, -0.1) is 0 Å². The number of hydrogen-bond donors (Lipinski definition) is 1. The van der Waals surface area contributed by atoms with Crippen molar-refractivity contribution in [3.05, 3.63) is 29.8 Å². The van der Waals surface area contributed by atoms with Crippen LogP contribution in [0.25, 0.3) is 0 Å². The molecule has 0 atom stereocenters. The Hall–Kier alpha value is -1.34. The third-order valence-electron chi connectivity index (χ3n) is 2.24. The fourth-order valence-electron chi connectivity index (χ4n) is 1.25. The molecule has 1 aromatic rings. The highest BCUT2D eigenvalue weighted by Crippen LogP contribution is 2.22. The van der Waals surface area contributed by atoms with Gasteiger partial charge < -0.3 is 15.2 Å². The SMILES string of the molecule is NCc1cccc(OCCOCC(F)(F)C(F)F)c1. The lowest BCUT2D eigenvalue weighted by molar-refractivity contribution is -0.166. The molecule has 3 nitrogen and oxygen atoms in total. The highest BCUT2D eigenvalue weighted by Gasteiger charge is 2.40. The molecule has 0 heterocycles.